The Labute approximate surface area is 143 Å². The Morgan fingerprint density at radius 2 is 1.79 bits per heavy atom. The van der Waals surface area contributed by atoms with Crippen LogP contribution >= 0.6 is 0 Å². The van der Waals surface area contributed by atoms with Gasteiger partial charge >= 0.3 is 0 Å². The van der Waals surface area contributed by atoms with Crippen molar-refractivity contribution in [2.45, 2.75) is 56.9 Å². The Kier molecular flexibility index (Phi) is 4.58. The summed E-state index contributed by atoms with van der Waals surface area (Å²) in [6.07, 6.45) is 12.3. The molecule has 24 heavy (non-hydrogen) atoms. The molecule has 2 aromatic heterocycles. The van der Waals surface area contributed by atoms with Crippen molar-refractivity contribution < 1.29 is 0 Å². The molecule has 5 nitrogen and oxygen atoms in total. The van der Waals surface area contributed by atoms with E-state index in [0.717, 1.165) is 24.7 Å². The molecule has 2 aliphatic carbocycles. The lowest BCUT2D eigenvalue weighted by atomic mass is 10.2. The predicted molar refractivity (Wildman–Crippen MR) is 96.3 cm³/mol. The summed E-state index contributed by atoms with van der Waals surface area (Å²) in [6, 6.07) is 6.79. The molecule has 0 amide bonds. The molecule has 126 valence electrons. The summed E-state index contributed by atoms with van der Waals surface area (Å²) in [5.74, 6) is 2.39. The number of rotatable bonds is 7. The fourth-order valence-electron chi connectivity index (χ4n) is 3.35. The monoisotopic (exact) mass is 323 g/mol. The molecule has 2 aromatic rings. The van der Waals surface area contributed by atoms with Crippen LogP contribution in [0.4, 0.5) is 11.8 Å². The van der Waals surface area contributed by atoms with Crippen molar-refractivity contribution >= 4 is 11.8 Å². The van der Waals surface area contributed by atoms with E-state index in [9.17, 15) is 0 Å². The molecule has 5 heteroatoms. The third kappa shape index (κ3) is 4.02. The maximum atomic E-state index is 4.75. The largest absolute Gasteiger partial charge is 0.370 e. The molecule has 4 rings (SSSR count). The molecular weight excluding hydrogens is 298 g/mol. The molecule has 0 unspecified atom stereocenters. The van der Waals surface area contributed by atoms with Gasteiger partial charge in [-0.2, -0.15) is 4.98 Å². The van der Waals surface area contributed by atoms with E-state index in [1.807, 2.05) is 12.4 Å². The fourth-order valence-corrected chi connectivity index (χ4v) is 3.35. The van der Waals surface area contributed by atoms with Crippen molar-refractivity contribution in [2.75, 3.05) is 17.2 Å². The van der Waals surface area contributed by atoms with Gasteiger partial charge in [0.1, 0.15) is 5.82 Å². The zero-order chi connectivity index (χ0) is 16.2. The van der Waals surface area contributed by atoms with Crippen molar-refractivity contribution in [3.8, 4) is 0 Å². The quantitative estimate of drug-likeness (QED) is 0.812. The van der Waals surface area contributed by atoms with Crippen LogP contribution in [0.25, 0.3) is 0 Å². The van der Waals surface area contributed by atoms with Crippen LogP contribution < -0.4 is 10.6 Å². The van der Waals surface area contributed by atoms with E-state index in [-0.39, 0.29) is 0 Å². The van der Waals surface area contributed by atoms with Crippen molar-refractivity contribution in [2.24, 2.45) is 0 Å². The summed E-state index contributed by atoms with van der Waals surface area (Å²) in [5, 5.41) is 7.01. The van der Waals surface area contributed by atoms with Crippen molar-refractivity contribution in [1.82, 2.24) is 15.0 Å². The molecule has 0 aliphatic heterocycles. The highest BCUT2D eigenvalue weighted by Crippen LogP contribution is 2.40. The second-order valence-corrected chi connectivity index (χ2v) is 6.93. The highest BCUT2D eigenvalue weighted by molar-refractivity contribution is 5.44. The maximum Gasteiger partial charge on any atom is 0.225 e. The SMILES string of the molecule is c1cc(CCNc2cc(C3CC3)nc(NC3CCCC3)n2)ccn1. The van der Waals surface area contributed by atoms with Gasteiger partial charge in [-0.15, -0.1) is 0 Å². The molecule has 0 atom stereocenters. The van der Waals surface area contributed by atoms with Crippen LogP contribution in [0.3, 0.4) is 0 Å². The minimum absolute atomic E-state index is 0.545. The third-order valence-electron chi connectivity index (χ3n) is 4.90. The summed E-state index contributed by atoms with van der Waals surface area (Å²) < 4.78 is 0. The lowest BCUT2D eigenvalue weighted by Crippen LogP contribution is -2.18. The first-order valence-corrected chi connectivity index (χ1v) is 9.15. The molecule has 2 heterocycles. The fraction of sp³-hybridized carbons (Fsp3) is 0.526. The van der Waals surface area contributed by atoms with Gasteiger partial charge in [-0.3, -0.25) is 4.98 Å². The van der Waals surface area contributed by atoms with E-state index in [2.05, 4.69) is 33.8 Å². The molecule has 2 fully saturated rings. The summed E-state index contributed by atoms with van der Waals surface area (Å²) in [4.78, 5) is 13.5. The second kappa shape index (κ2) is 7.16. The van der Waals surface area contributed by atoms with Crippen LogP contribution in [-0.4, -0.2) is 27.5 Å². The van der Waals surface area contributed by atoms with Crippen molar-refractivity contribution in [1.29, 1.82) is 0 Å². The van der Waals surface area contributed by atoms with Gasteiger partial charge in [-0.1, -0.05) is 12.8 Å². The molecule has 0 saturated heterocycles. The molecule has 2 saturated carbocycles. The minimum Gasteiger partial charge on any atom is -0.370 e. The number of anilines is 2. The van der Waals surface area contributed by atoms with Gasteiger partial charge in [-0.05, 0) is 49.8 Å². The highest BCUT2D eigenvalue weighted by atomic mass is 15.2. The third-order valence-corrected chi connectivity index (χ3v) is 4.90. The molecule has 0 radical (unpaired) electrons. The van der Waals surface area contributed by atoms with E-state index in [1.165, 1.54) is 49.8 Å². The molecule has 0 spiro atoms. The average Bonchev–Trinajstić information content (AvgIpc) is 3.34. The first kappa shape index (κ1) is 15.4. The molecular formula is C19H25N5. The zero-order valence-electron chi connectivity index (χ0n) is 14.0. The first-order valence-electron chi connectivity index (χ1n) is 9.15. The van der Waals surface area contributed by atoms with Crippen LogP contribution in [0.1, 0.15) is 55.7 Å². The number of hydrogen-bond donors (Lipinski definition) is 2. The average molecular weight is 323 g/mol. The second-order valence-electron chi connectivity index (χ2n) is 6.93. The lowest BCUT2D eigenvalue weighted by Gasteiger charge is -2.14. The van der Waals surface area contributed by atoms with Gasteiger partial charge < -0.3 is 10.6 Å². The predicted octanol–water partition coefficient (Wildman–Crippen LogP) is 3.76. The first-order chi connectivity index (χ1) is 11.9. The Morgan fingerprint density at radius 3 is 2.54 bits per heavy atom. The highest BCUT2D eigenvalue weighted by Gasteiger charge is 2.26. The molecule has 2 aliphatic rings. The topological polar surface area (TPSA) is 62.7 Å². The number of hydrogen-bond acceptors (Lipinski definition) is 5. The van der Waals surface area contributed by atoms with Crippen LogP contribution in [-0.2, 0) is 6.42 Å². The van der Waals surface area contributed by atoms with Crippen molar-refractivity contribution in [3.05, 3.63) is 41.9 Å². The van der Waals surface area contributed by atoms with E-state index in [0.29, 0.717) is 12.0 Å². The summed E-state index contributed by atoms with van der Waals surface area (Å²) in [6.45, 7) is 0.869. The van der Waals surface area contributed by atoms with Gasteiger partial charge in [0.2, 0.25) is 5.95 Å². The molecule has 2 N–H and O–H groups in total. The lowest BCUT2D eigenvalue weighted by molar-refractivity contribution is 0.741. The van der Waals surface area contributed by atoms with Gasteiger partial charge in [0, 0.05) is 37.0 Å². The molecule has 0 aromatic carbocycles. The standard InChI is InChI=1S/C19H25N5/c1-2-4-16(3-1)22-19-23-17(15-5-6-15)13-18(24-19)21-12-9-14-7-10-20-11-8-14/h7-8,10-11,13,15-16H,1-6,9,12H2,(H2,21,22,23,24). The Morgan fingerprint density at radius 1 is 1.00 bits per heavy atom. The van der Waals surface area contributed by atoms with Crippen LogP contribution in [0, 0.1) is 0 Å². The number of nitrogens with zero attached hydrogens (tertiary/aromatic N) is 3. The Balaban J connectivity index is 1.41. The number of nitrogens with one attached hydrogen (secondary N) is 2. The summed E-state index contributed by atoms with van der Waals surface area (Å²) in [5.41, 5.74) is 2.48. The maximum absolute atomic E-state index is 4.75. The van der Waals surface area contributed by atoms with Gasteiger partial charge in [0.25, 0.3) is 0 Å². The molecule has 0 bridgehead atoms. The number of aromatic nitrogens is 3. The smallest absolute Gasteiger partial charge is 0.225 e. The Hall–Kier alpha value is -2.17. The summed E-state index contributed by atoms with van der Waals surface area (Å²) in [7, 11) is 0. The Bertz CT molecular complexity index is 663. The van der Waals surface area contributed by atoms with E-state index >= 15 is 0 Å². The zero-order valence-corrected chi connectivity index (χ0v) is 14.0. The van der Waals surface area contributed by atoms with E-state index < -0.39 is 0 Å². The normalized spacial score (nSPS) is 17.8. The summed E-state index contributed by atoms with van der Waals surface area (Å²) >= 11 is 0. The van der Waals surface area contributed by atoms with Gasteiger partial charge in [0.15, 0.2) is 0 Å². The minimum atomic E-state index is 0.545. The number of pyridine rings is 1. The van der Waals surface area contributed by atoms with Gasteiger partial charge in [-0.25, -0.2) is 4.98 Å². The van der Waals surface area contributed by atoms with Gasteiger partial charge in [0.05, 0.1) is 5.69 Å². The van der Waals surface area contributed by atoms with Crippen molar-refractivity contribution in [3.63, 3.8) is 0 Å². The van der Waals surface area contributed by atoms with E-state index in [4.69, 9.17) is 9.97 Å². The van der Waals surface area contributed by atoms with Crippen LogP contribution in [0.5, 0.6) is 0 Å². The van der Waals surface area contributed by atoms with Crippen LogP contribution in [0.15, 0.2) is 30.6 Å². The van der Waals surface area contributed by atoms with E-state index in [1.54, 1.807) is 0 Å². The van der Waals surface area contributed by atoms with Crippen LogP contribution in [0.2, 0.25) is 0 Å².